The molecule has 0 saturated heterocycles. The van der Waals surface area contributed by atoms with Crippen molar-refractivity contribution in [3.8, 4) is 0 Å². The Kier molecular flexibility index (Phi) is 4.76. The SMILES string of the molecule is C[C@H](CNC(C)(C)C)OC1=CC=C2OC(C(C)(C)C)=CC2C1. The number of hydrogen-bond donors (Lipinski definition) is 1. The highest BCUT2D eigenvalue weighted by Gasteiger charge is 2.32. The van der Waals surface area contributed by atoms with Crippen LogP contribution in [0, 0.1) is 11.3 Å². The molecule has 1 N–H and O–H groups in total. The first-order chi connectivity index (χ1) is 10.0. The molecule has 0 spiro atoms. The van der Waals surface area contributed by atoms with Gasteiger partial charge in [-0.1, -0.05) is 20.8 Å². The summed E-state index contributed by atoms with van der Waals surface area (Å²) >= 11 is 0. The second-order valence-electron chi connectivity index (χ2n) is 8.45. The fourth-order valence-corrected chi connectivity index (χ4v) is 2.52. The van der Waals surface area contributed by atoms with Gasteiger partial charge in [0.1, 0.15) is 17.6 Å². The molecule has 0 aromatic rings. The Morgan fingerprint density at radius 1 is 1.23 bits per heavy atom. The number of fused-ring (bicyclic) bond motifs is 1. The Morgan fingerprint density at radius 2 is 1.91 bits per heavy atom. The van der Waals surface area contributed by atoms with E-state index >= 15 is 0 Å². The summed E-state index contributed by atoms with van der Waals surface area (Å²) in [7, 11) is 0. The number of rotatable bonds is 4. The molecular weight excluding hydrogens is 274 g/mol. The molecule has 1 aliphatic carbocycles. The van der Waals surface area contributed by atoms with Crippen LogP contribution in [-0.2, 0) is 9.47 Å². The fraction of sp³-hybridized carbons (Fsp3) is 0.684. The predicted molar refractivity (Wildman–Crippen MR) is 91.2 cm³/mol. The summed E-state index contributed by atoms with van der Waals surface area (Å²) in [5.41, 5.74) is 0.179. The Morgan fingerprint density at radius 3 is 2.50 bits per heavy atom. The van der Waals surface area contributed by atoms with Gasteiger partial charge in [-0.25, -0.2) is 0 Å². The van der Waals surface area contributed by atoms with Crippen LogP contribution in [0.25, 0.3) is 0 Å². The number of nitrogens with one attached hydrogen (secondary N) is 1. The average molecular weight is 305 g/mol. The Balaban J connectivity index is 1.91. The van der Waals surface area contributed by atoms with Crippen molar-refractivity contribution in [2.45, 2.75) is 66.5 Å². The van der Waals surface area contributed by atoms with Gasteiger partial charge >= 0.3 is 0 Å². The predicted octanol–water partition coefficient (Wildman–Crippen LogP) is 4.53. The quantitative estimate of drug-likeness (QED) is 0.828. The second-order valence-corrected chi connectivity index (χ2v) is 8.45. The highest BCUT2D eigenvalue weighted by atomic mass is 16.5. The van der Waals surface area contributed by atoms with E-state index in [1.807, 2.05) is 0 Å². The van der Waals surface area contributed by atoms with E-state index < -0.39 is 0 Å². The largest absolute Gasteiger partial charge is 0.494 e. The third-order valence-corrected chi connectivity index (χ3v) is 3.81. The maximum Gasteiger partial charge on any atom is 0.111 e. The van der Waals surface area contributed by atoms with Gasteiger partial charge in [-0.15, -0.1) is 0 Å². The molecule has 2 atom stereocenters. The summed E-state index contributed by atoms with van der Waals surface area (Å²) in [6, 6.07) is 0. The van der Waals surface area contributed by atoms with Gasteiger partial charge in [-0.2, -0.15) is 0 Å². The summed E-state index contributed by atoms with van der Waals surface area (Å²) in [6.45, 7) is 16.0. The molecular formula is C19H31NO2. The van der Waals surface area contributed by atoms with Crippen LogP contribution < -0.4 is 5.32 Å². The summed E-state index contributed by atoms with van der Waals surface area (Å²) in [5, 5.41) is 3.48. The monoisotopic (exact) mass is 305 g/mol. The van der Waals surface area contributed by atoms with E-state index in [1.54, 1.807) is 0 Å². The topological polar surface area (TPSA) is 30.5 Å². The molecule has 0 aromatic heterocycles. The van der Waals surface area contributed by atoms with Crippen molar-refractivity contribution in [2.24, 2.45) is 11.3 Å². The first-order valence-electron chi connectivity index (χ1n) is 8.27. The van der Waals surface area contributed by atoms with Crippen molar-refractivity contribution in [2.75, 3.05) is 6.54 Å². The van der Waals surface area contributed by atoms with E-state index in [4.69, 9.17) is 9.47 Å². The molecule has 1 heterocycles. The minimum atomic E-state index is 0.0587. The molecule has 1 aliphatic heterocycles. The molecule has 0 aromatic carbocycles. The summed E-state index contributed by atoms with van der Waals surface area (Å²) < 4.78 is 12.1. The number of ether oxygens (including phenoxy) is 2. The zero-order chi connectivity index (χ0) is 16.5. The van der Waals surface area contributed by atoms with E-state index in [2.05, 4.69) is 72.0 Å². The molecule has 0 saturated carbocycles. The molecule has 2 rings (SSSR count). The average Bonchev–Trinajstić information content (AvgIpc) is 2.78. The van der Waals surface area contributed by atoms with Crippen LogP contribution in [0.1, 0.15) is 54.9 Å². The lowest BCUT2D eigenvalue weighted by atomic mass is 9.91. The maximum atomic E-state index is 6.08. The molecule has 0 bridgehead atoms. The molecule has 1 unspecified atom stereocenters. The van der Waals surface area contributed by atoms with Crippen molar-refractivity contribution >= 4 is 0 Å². The number of hydrogen-bond acceptors (Lipinski definition) is 3. The van der Waals surface area contributed by atoms with Crippen LogP contribution in [-0.4, -0.2) is 18.2 Å². The van der Waals surface area contributed by atoms with Gasteiger partial charge in [0.2, 0.25) is 0 Å². The highest BCUT2D eigenvalue weighted by Crippen LogP contribution is 2.41. The molecule has 22 heavy (non-hydrogen) atoms. The molecule has 2 aliphatic rings. The maximum absolute atomic E-state index is 6.08. The van der Waals surface area contributed by atoms with E-state index in [0.29, 0.717) is 5.92 Å². The van der Waals surface area contributed by atoms with Crippen LogP contribution >= 0.6 is 0 Å². The van der Waals surface area contributed by atoms with Crippen LogP contribution in [0.15, 0.2) is 35.5 Å². The van der Waals surface area contributed by atoms with E-state index in [1.165, 1.54) is 0 Å². The summed E-state index contributed by atoms with van der Waals surface area (Å²) in [4.78, 5) is 0. The molecule has 0 amide bonds. The van der Waals surface area contributed by atoms with Gasteiger partial charge in [-0.3, -0.25) is 0 Å². The first-order valence-corrected chi connectivity index (χ1v) is 8.27. The molecule has 0 radical (unpaired) electrons. The summed E-state index contributed by atoms with van der Waals surface area (Å²) in [5.74, 6) is 3.50. The van der Waals surface area contributed by atoms with Gasteiger partial charge in [0.25, 0.3) is 0 Å². The zero-order valence-electron chi connectivity index (χ0n) is 15.1. The van der Waals surface area contributed by atoms with Crippen LogP contribution in [0.5, 0.6) is 0 Å². The van der Waals surface area contributed by atoms with Gasteiger partial charge in [-0.05, 0) is 45.9 Å². The van der Waals surface area contributed by atoms with Crippen molar-refractivity contribution in [1.29, 1.82) is 0 Å². The first kappa shape index (κ1) is 17.1. The second kappa shape index (κ2) is 6.11. The Labute approximate surface area is 135 Å². The van der Waals surface area contributed by atoms with Gasteiger partial charge in [0, 0.05) is 29.8 Å². The Bertz CT molecular complexity index is 501. The minimum absolute atomic E-state index is 0.0587. The number of allylic oxidation sites excluding steroid dienone is 5. The highest BCUT2D eigenvalue weighted by molar-refractivity contribution is 5.31. The van der Waals surface area contributed by atoms with Crippen LogP contribution in [0.2, 0.25) is 0 Å². The van der Waals surface area contributed by atoms with Crippen molar-refractivity contribution < 1.29 is 9.47 Å². The summed E-state index contributed by atoms with van der Waals surface area (Å²) in [6.07, 6.45) is 7.42. The van der Waals surface area contributed by atoms with Gasteiger partial charge in [0.15, 0.2) is 0 Å². The van der Waals surface area contributed by atoms with Gasteiger partial charge < -0.3 is 14.8 Å². The van der Waals surface area contributed by atoms with Crippen molar-refractivity contribution in [1.82, 2.24) is 5.32 Å². The van der Waals surface area contributed by atoms with E-state index in [9.17, 15) is 0 Å². The molecule has 3 nitrogen and oxygen atoms in total. The van der Waals surface area contributed by atoms with Crippen LogP contribution in [0.3, 0.4) is 0 Å². The van der Waals surface area contributed by atoms with Crippen molar-refractivity contribution in [3.05, 3.63) is 35.5 Å². The standard InChI is InChI=1S/C19H31NO2/c1-13(12-20-19(5,6)7)21-15-8-9-16-14(10-15)11-17(22-16)18(2,3)4/h8-9,11,13-14,20H,10,12H2,1-7H3/t13-,14?/m1/s1. The minimum Gasteiger partial charge on any atom is -0.494 e. The van der Waals surface area contributed by atoms with Gasteiger partial charge in [0.05, 0.1) is 5.76 Å². The van der Waals surface area contributed by atoms with Crippen molar-refractivity contribution in [3.63, 3.8) is 0 Å². The molecule has 0 fully saturated rings. The molecule has 3 heteroatoms. The molecule has 124 valence electrons. The fourth-order valence-electron chi connectivity index (χ4n) is 2.52. The lowest BCUT2D eigenvalue weighted by Crippen LogP contribution is -2.40. The van der Waals surface area contributed by atoms with E-state index in [-0.39, 0.29) is 17.1 Å². The third-order valence-electron chi connectivity index (χ3n) is 3.81. The normalized spacial score (nSPS) is 23.0. The zero-order valence-corrected chi connectivity index (χ0v) is 15.1. The third kappa shape index (κ3) is 4.64. The lowest BCUT2D eigenvalue weighted by molar-refractivity contribution is 0.110. The Hall–Kier alpha value is -1.22. The lowest BCUT2D eigenvalue weighted by Gasteiger charge is -2.26. The van der Waals surface area contributed by atoms with E-state index in [0.717, 1.165) is 30.2 Å². The smallest absolute Gasteiger partial charge is 0.111 e. The van der Waals surface area contributed by atoms with Crippen LogP contribution in [0.4, 0.5) is 0 Å².